The van der Waals surface area contributed by atoms with Crippen molar-refractivity contribution in [3.63, 3.8) is 0 Å². The molecule has 0 spiro atoms. The lowest BCUT2D eigenvalue weighted by Crippen LogP contribution is -2.17. The van der Waals surface area contributed by atoms with Crippen LogP contribution in [0.2, 0.25) is 0 Å². The van der Waals surface area contributed by atoms with Gasteiger partial charge in [0, 0.05) is 133 Å². The van der Waals surface area contributed by atoms with E-state index >= 15 is 0 Å². The van der Waals surface area contributed by atoms with Crippen LogP contribution in [0, 0.1) is 0 Å². The Bertz CT molecular complexity index is 6540. The number of benzene rings is 12. The van der Waals surface area contributed by atoms with Gasteiger partial charge in [-0.15, -0.1) is 0 Å². The van der Waals surface area contributed by atoms with Crippen LogP contribution in [0.15, 0.2) is 237 Å². The third-order valence-electron chi connectivity index (χ3n) is 20.7. The smallest absolute Gasteiger partial charge is 0.337 e. The largest absolute Gasteiger partial charge is 0.493 e. The highest BCUT2D eigenvalue weighted by Crippen LogP contribution is 2.43. The molecule has 0 heterocycles. The van der Waals surface area contributed by atoms with Gasteiger partial charge in [0.25, 0.3) is 47.3 Å². The molecule has 144 heavy (non-hydrogen) atoms. The van der Waals surface area contributed by atoms with E-state index in [9.17, 15) is 71.9 Å². The average Bonchev–Trinajstić information content (AvgIpc) is 0.804. The van der Waals surface area contributed by atoms with Crippen LogP contribution in [0.4, 0.5) is 45.5 Å². The van der Waals surface area contributed by atoms with Crippen LogP contribution in [0.3, 0.4) is 0 Å². The number of methoxy groups -OCH3 is 12. The summed E-state index contributed by atoms with van der Waals surface area (Å²) in [5.41, 5.74) is 4.83. The molecule has 0 unspecified atom stereocenters. The lowest BCUT2D eigenvalue weighted by molar-refractivity contribution is -0.134. The van der Waals surface area contributed by atoms with Gasteiger partial charge in [-0.05, 0) is 212 Å². The Labute approximate surface area is 825 Å². The van der Waals surface area contributed by atoms with Crippen LogP contribution >= 0.6 is 0 Å². The Balaban J connectivity index is 0.000000222. The minimum Gasteiger partial charge on any atom is -0.493 e. The normalized spacial score (nSPS) is 10.3. The predicted molar refractivity (Wildman–Crippen MR) is 530 cm³/mol. The summed E-state index contributed by atoms with van der Waals surface area (Å²) in [6, 6.07) is 58.3. The number of ketones is 1. The summed E-state index contributed by atoms with van der Waals surface area (Å²) in [5, 5.41) is 21.9. The number of hydrogen-bond acceptors (Lipinski definition) is 30. The van der Waals surface area contributed by atoms with Gasteiger partial charge in [0.15, 0.2) is 40.3 Å². The van der Waals surface area contributed by atoms with Gasteiger partial charge >= 0.3 is 35.8 Å². The lowest BCUT2D eigenvalue weighted by Gasteiger charge is -2.17. The summed E-state index contributed by atoms with van der Waals surface area (Å²) in [5.74, 6) is -4.07. The molecule has 0 atom stereocenters. The Kier molecular flexibility index (Phi) is 38.3. The van der Waals surface area contributed by atoms with Crippen molar-refractivity contribution in [1.29, 1.82) is 0 Å². The number of esters is 6. The van der Waals surface area contributed by atoms with Gasteiger partial charge in [-0.2, -0.15) is 0 Å². The van der Waals surface area contributed by atoms with Gasteiger partial charge in [0.1, 0.15) is 17.2 Å². The van der Waals surface area contributed by atoms with Crippen molar-refractivity contribution < 1.29 is 143 Å². The van der Waals surface area contributed by atoms with Gasteiger partial charge < -0.3 is 114 Å². The number of Topliss-reactive ketones (excluding diaryl/α,β-unsaturated/α-hetero) is 1. The van der Waals surface area contributed by atoms with Gasteiger partial charge in [-0.1, -0.05) is 39.0 Å². The first kappa shape index (κ1) is 107. The maximum absolute atomic E-state index is 13.7. The van der Waals surface area contributed by atoms with E-state index in [1.807, 2.05) is 0 Å². The summed E-state index contributed by atoms with van der Waals surface area (Å²) < 4.78 is 78.1. The van der Waals surface area contributed by atoms with E-state index in [0.29, 0.717) is 68.5 Å². The van der Waals surface area contributed by atoms with Crippen molar-refractivity contribution in [3.05, 3.63) is 309 Å². The van der Waals surface area contributed by atoms with Crippen molar-refractivity contribution in [2.75, 3.05) is 128 Å². The number of rotatable bonds is 37. The molecule has 0 saturated carbocycles. The second-order valence-electron chi connectivity index (χ2n) is 30.3. The first-order valence-corrected chi connectivity index (χ1v) is 43.6. The number of amides is 8. The van der Waals surface area contributed by atoms with Gasteiger partial charge in [-0.3, -0.25) is 57.5 Å². The van der Waals surface area contributed by atoms with Crippen LogP contribution < -0.4 is 99.4 Å². The molecule has 12 rings (SSSR count). The van der Waals surface area contributed by atoms with Crippen LogP contribution in [-0.4, -0.2) is 174 Å². The molecule has 0 bridgehead atoms. The topological polar surface area (TPSA) is 491 Å². The zero-order valence-electron chi connectivity index (χ0n) is 80.6. The molecule has 0 aromatic heterocycles. The van der Waals surface area contributed by atoms with Crippen molar-refractivity contribution >= 4 is 134 Å². The number of hydrogen-bond donors (Lipinski definition) is 8. The van der Waals surface area contributed by atoms with Crippen LogP contribution in [-0.2, 0) is 35.0 Å². The van der Waals surface area contributed by atoms with Gasteiger partial charge in [-0.25, -0.2) is 14.4 Å². The summed E-state index contributed by atoms with van der Waals surface area (Å²) in [6.45, 7) is 5.03. The highest BCUT2D eigenvalue weighted by atomic mass is 16.6. The predicted octanol–water partition coefficient (Wildman–Crippen LogP) is 16.9. The minimum absolute atomic E-state index is 0.0112. The Morgan fingerprint density at radius 1 is 0.208 bits per heavy atom. The fourth-order valence-electron chi connectivity index (χ4n) is 13.5. The van der Waals surface area contributed by atoms with Crippen LogP contribution in [0.25, 0.3) is 0 Å². The Hall–Kier alpha value is -18.9. The van der Waals surface area contributed by atoms with E-state index in [2.05, 4.69) is 52.0 Å². The Morgan fingerprint density at radius 3 is 0.743 bits per heavy atom. The standard InChI is InChI=1S/C37H34N2O9.C36H39N3O12.C33H27N3O9/c1-4-33(41)46-29-13-7-23(8-14-29)19-32(40)26-20-27(38-36(44)24-9-15-30(16-10-24)47-34(42)5-2)22-28(21-26)39-37(45)25-11-17-31(18-12-25)48-35(43)6-3;1-43-25-12-20(13-26(44-2)31(25)49-7)35(41)37-22-10-19(34(40)39-24-17-29(47-5)33(51-9)30(18-24)48-6)11-23(16-22)38-36(42)21-14-27(45-3)32(50-8)28(15-21)46-4;1-43-31(40)20-9-7-19(8-10-20)28(37)35-26-16-24(30(39)34-25-13-11-21(12-14-25)32(41)44-2)17-27(18-26)36-29(38)22-5-4-6-23(15-22)33(42)45-3/h7-18,20-22H,4-6,19H2,1-3H3,(H,38,44)(H,39,45);10-18H,1-9H3,(H,37,41)(H,38,42)(H,39,40);4-18H,1-3H3,(H,34,39)(H,35,37)(H,36,38). The summed E-state index contributed by atoms with van der Waals surface area (Å²) in [4.78, 5) is 190. The molecule has 0 fully saturated rings. The molecular formula is C106H100N8O30. The zero-order valence-corrected chi connectivity index (χ0v) is 80.6. The molecule has 8 N–H and O–H groups in total. The summed E-state index contributed by atoms with van der Waals surface area (Å²) in [6.07, 6.45) is 0.624. The van der Waals surface area contributed by atoms with Crippen molar-refractivity contribution in [1.82, 2.24) is 0 Å². The summed E-state index contributed by atoms with van der Waals surface area (Å²) in [7, 11) is 16.7. The van der Waals surface area contributed by atoms with Crippen molar-refractivity contribution in [3.8, 4) is 69.0 Å². The number of anilines is 8. The van der Waals surface area contributed by atoms with E-state index in [1.165, 1.54) is 286 Å². The van der Waals surface area contributed by atoms with E-state index < -0.39 is 77.1 Å². The van der Waals surface area contributed by atoms with Crippen LogP contribution in [0.5, 0.6) is 69.0 Å². The van der Waals surface area contributed by atoms with Crippen molar-refractivity contribution in [2.24, 2.45) is 0 Å². The molecule has 0 aliphatic rings. The molecular weight excluding hydrogens is 1870 g/mol. The first-order valence-electron chi connectivity index (χ1n) is 43.6. The monoisotopic (exact) mass is 1960 g/mol. The number of nitrogens with one attached hydrogen (secondary N) is 8. The molecule has 38 nitrogen and oxygen atoms in total. The Morgan fingerprint density at radius 2 is 0.444 bits per heavy atom. The fraction of sp³-hybridized carbons (Fsp3) is 0.179. The molecule has 12 aromatic carbocycles. The molecule has 12 aromatic rings. The van der Waals surface area contributed by atoms with Crippen molar-refractivity contribution in [2.45, 2.75) is 46.5 Å². The maximum Gasteiger partial charge on any atom is 0.337 e. The highest BCUT2D eigenvalue weighted by Gasteiger charge is 2.26. The van der Waals surface area contributed by atoms with E-state index in [0.717, 1.165) is 0 Å². The second-order valence-corrected chi connectivity index (χ2v) is 30.3. The first-order chi connectivity index (χ1) is 69.2. The zero-order chi connectivity index (χ0) is 104. The molecule has 0 aliphatic heterocycles. The molecule has 0 aliphatic carbocycles. The lowest BCUT2D eigenvalue weighted by atomic mass is 10.0. The minimum atomic E-state index is -0.618. The quantitative estimate of drug-likeness (QED) is 0.00776. The molecule has 38 heteroatoms. The molecule has 0 saturated heterocycles. The fourth-order valence-corrected chi connectivity index (χ4v) is 13.5. The third kappa shape index (κ3) is 29.1. The number of ether oxygens (including phenoxy) is 15. The van der Waals surface area contributed by atoms with Gasteiger partial charge in [0.05, 0.1) is 102 Å². The average molecular weight is 1970 g/mol. The van der Waals surface area contributed by atoms with E-state index in [4.69, 9.17) is 61.6 Å². The maximum atomic E-state index is 13.7. The second kappa shape index (κ2) is 51.5. The van der Waals surface area contributed by atoms with E-state index in [-0.39, 0.29) is 156 Å². The van der Waals surface area contributed by atoms with Crippen LogP contribution in [0.1, 0.15) is 170 Å². The highest BCUT2D eigenvalue weighted by molar-refractivity contribution is 6.14. The summed E-state index contributed by atoms with van der Waals surface area (Å²) >= 11 is 0. The molecule has 744 valence electrons. The molecule has 8 amide bonds. The third-order valence-corrected chi connectivity index (χ3v) is 20.7. The number of carbonyl (C=O) groups is 15. The van der Waals surface area contributed by atoms with Gasteiger partial charge in [0.2, 0.25) is 17.2 Å². The molecule has 0 radical (unpaired) electrons. The number of carbonyl (C=O) groups excluding carboxylic acids is 15. The van der Waals surface area contributed by atoms with E-state index in [1.54, 1.807) is 57.2 Å². The SMILES string of the molecule is CCC(=O)Oc1ccc(CC(=O)c2cc(NC(=O)c3ccc(OC(=O)CC)cc3)cc(NC(=O)c3ccc(OC(=O)CC)cc3)c2)cc1.COC(=O)c1ccc(NC(=O)c2cc(NC(=O)c3ccc(C(=O)OC)cc3)cc(NC(=O)c3cccc(C(=O)OC)c3)c2)cc1.COc1cc(NC(=O)c2cc(NC(=O)c3cc(OC)c(OC)c(OC)c3)cc(NC(=O)c3cc(OC)c(OC)c(OC)c3)c2)cc(OC)c1OC.